The molecule has 0 aliphatic carbocycles. The Morgan fingerprint density at radius 1 is 0.645 bits per heavy atom. The highest BCUT2D eigenvalue weighted by Gasteiger charge is 2.34. The third-order valence-corrected chi connectivity index (χ3v) is 9.47. The van der Waals surface area contributed by atoms with Crippen molar-refractivity contribution in [2.45, 2.75) is 128 Å². The summed E-state index contributed by atoms with van der Waals surface area (Å²) in [5.41, 5.74) is 11.7. The highest BCUT2D eigenvalue weighted by molar-refractivity contribution is 5.95. The van der Waals surface area contributed by atoms with E-state index in [-0.39, 0.29) is 31.6 Å². The van der Waals surface area contributed by atoms with Crippen LogP contribution in [0.25, 0.3) is 0 Å². The molecular formula is C40H62N8O14. The summed E-state index contributed by atoms with van der Waals surface area (Å²) in [5, 5.41) is 53.5. The third kappa shape index (κ3) is 20.9. The number of aliphatic carboxylic acids is 3. The maximum atomic E-state index is 13.6. The number of carboxylic acids is 3. The van der Waals surface area contributed by atoms with Gasteiger partial charge in [-0.05, 0) is 43.1 Å². The molecule has 7 amide bonds. The predicted molar refractivity (Wildman–Crippen MR) is 220 cm³/mol. The van der Waals surface area contributed by atoms with Gasteiger partial charge in [-0.15, -0.1) is 0 Å². The number of carbonyl (C=O) groups is 10. The van der Waals surface area contributed by atoms with Crippen LogP contribution in [0.5, 0.6) is 0 Å². The first-order valence-electron chi connectivity index (χ1n) is 20.1. The smallest absolute Gasteiger partial charge is 0.326 e. The average Bonchev–Trinajstić information content (AvgIpc) is 3.18. The van der Waals surface area contributed by atoms with Crippen molar-refractivity contribution >= 4 is 59.3 Å². The molecule has 346 valence electrons. The van der Waals surface area contributed by atoms with Crippen molar-refractivity contribution in [1.82, 2.24) is 31.9 Å². The molecule has 0 aliphatic heterocycles. The zero-order valence-electron chi connectivity index (χ0n) is 35.6. The first-order valence-corrected chi connectivity index (χ1v) is 20.1. The first-order chi connectivity index (χ1) is 28.9. The van der Waals surface area contributed by atoms with E-state index in [0.29, 0.717) is 5.56 Å². The standard InChI is InChI=1S/C40H62N8O14/c1-20(2)15-26(45-38(59)27(18-30(42)50)46-39(60)34(21(3)4)48-36(57)24(41)11-13-32(52)53)29(49)16-22(5)35(56)43-19-31(51)44-25(12-14-33(54)55)37(58)47-28(40(61)62)17-23-9-7-6-8-10-23/h6-10,20-22,24-29,34,49H,11-19,41H2,1-5H3,(H2,42,50)(H,43,56)(H,44,51)(H,45,59)(H,46,60)(H,47,58)(H,48,57)(H,52,53)(H,54,55)(H,61,62)/t22-,24+,25+,26?,27+,28?,29+,34?/m1/s1. The number of hydrogen-bond acceptors (Lipinski definition) is 12. The number of nitrogens with one attached hydrogen (secondary N) is 6. The molecule has 0 aliphatic rings. The van der Waals surface area contributed by atoms with E-state index >= 15 is 0 Å². The molecular weight excluding hydrogens is 816 g/mol. The normalized spacial score (nSPS) is 15.0. The van der Waals surface area contributed by atoms with Crippen LogP contribution in [-0.4, -0.2) is 129 Å². The van der Waals surface area contributed by atoms with E-state index in [1.54, 1.807) is 58.0 Å². The molecule has 22 nitrogen and oxygen atoms in total. The summed E-state index contributed by atoms with van der Waals surface area (Å²) in [4.78, 5) is 125. The molecule has 3 unspecified atom stereocenters. The SMILES string of the molecule is CC(C)CC(NC(=O)[C@H](CC(N)=O)NC(=O)C(NC(=O)[C@@H](N)CCC(=O)O)C(C)C)[C@@H](O)C[C@@H](C)C(=O)NCC(=O)N[C@@H](CCC(=O)O)C(=O)NC(Cc1ccccc1)C(=O)O. The monoisotopic (exact) mass is 878 g/mol. The van der Waals surface area contributed by atoms with Crippen molar-refractivity contribution in [1.29, 1.82) is 0 Å². The van der Waals surface area contributed by atoms with Crippen molar-refractivity contribution in [3.05, 3.63) is 35.9 Å². The molecule has 0 saturated carbocycles. The van der Waals surface area contributed by atoms with E-state index in [0.717, 1.165) is 0 Å². The van der Waals surface area contributed by atoms with Gasteiger partial charge in [-0.2, -0.15) is 0 Å². The highest BCUT2D eigenvalue weighted by Crippen LogP contribution is 2.17. The molecule has 62 heavy (non-hydrogen) atoms. The second-order valence-electron chi connectivity index (χ2n) is 15.8. The average molecular weight is 879 g/mol. The molecule has 0 bridgehead atoms. The third-order valence-electron chi connectivity index (χ3n) is 9.47. The maximum absolute atomic E-state index is 13.6. The van der Waals surface area contributed by atoms with Crippen molar-refractivity contribution in [2.75, 3.05) is 6.54 Å². The summed E-state index contributed by atoms with van der Waals surface area (Å²) in [6.45, 7) is 7.48. The van der Waals surface area contributed by atoms with Gasteiger partial charge in [0.1, 0.15) is 24.2 Å². The number of carbonyl (C=O) groups excluding carboxylic acids is 7. The molecule has 0 spiro atoms. The summed E-state index contributed by atoms with van der Waals surface area (Å²) >= 11 is 0. The summed E-state index contributed by atoms with van der Waals surface area (Å²) in [6.07, 6.45) is -3.81. The fraction of sp³-hybridized carbons (Fsp3) is 0.600. The van der Waals surface area contributed by atoms with E-state index < -0.39 is 146 Å². The molecule has 8 atom stereocenters. The van der Waals surface area contributed by atoms with Crippen LogP contribution < -0.4 is 43.4 Å². The van der Waals surface area contributed by atoms with Crippen LogP contribution >= 0.6 is 0 Å². The van der Waals surface area contributed by atoms with Gasteiger partial charge in [-0.25, -0.2) is 4.79 Å². The predicted octanol–water partition coefficient (Wildman–Crippen LogP) is -2.12. The number of aliphatic hydroxyl groups excluding tert-OH is 1. The fourth-order valence-corrected chi connectivity index (χ4v) is 6.06. The molecule has 1 aromatic carbocycles. The zero-order chi connectivity index (χ0) is 47.3. The quantitative estimate of drug-likeness (QED) is 0.0409. The molecule has 0 radical (unpaired) electrons. The second-order valence-corrected chi connectivity index (χ2v) is 15.8. The van der Waals surface area contributed by atoms with E-state index in [1.807, 2.05) is 0 Å². The number of primary amides is 1. The number of hydrogen-bond donors (Lipinski definition) is 12. The minimum Gasteiger partial charge on any atom is -0.481 e. The molecule has 0 aromatic heterocycles. The molecule has 1 aromatic rings. The maximum Gasteiger partial charge on any atom is 0.326 e. The lowest BCUT2D eigenvalue weighted by atomic mass is 9.92. The van der Waals surface area contributed by atoms with E-state index in [1.165, 1.54) is 6.92 Å². The summed E-state index contributed by atoms with van der Waals surface area (Å²) in [7, 11) is 0. The molecule has 0 saturated heterocycles. The van der Waals surface area contributed by atoms with Gasteiger partial charge in [-0.1, -0.05) is 65.0 Å². The second kappa shape index (κ2) is 26.9. The van der Waals surface area contributed by atoms with Crippen LogP contribution in [0.15, 0.2) is 30.3 Å². The Morgan fingerprint density at radius 2 is 1.21 bits per heavy atom. The zero-order valence-corrected chi connectivity index (χ0v) is 35.6. The Morgan fingerprint density at radius 3 is 1.74 bits per heavy atom. The molecule has 1 rings (SSSR count). The van der Waals surface area contributed by atoms with Crippen molar-refractivity contribution in [2.24, 2.45) is 29.2 Å². The van der Waals surface area contributed by atoms with E-state index in [4.69, 9.17) is 16.6 Å². The minimum atomic E-state index is -1.57. The minimum absolute atomic E-state index is 0.0942. The Kier molecular flexibility index (Phi) is 23.4. The number of nitrogens with two attached hydrogens (primary N) is 2. The lowest BCUT2D eigenvalue weighted by Gasteiger charge is -2.30. The topological polar surface area (TPSA) is 376 Å². The van der Waals surface area contributed by atoms with Gasteiger partial charge in [0.25, 0.3) is 0 Å². The molecule has 0 heterocycles. The molecule has 22 heteroatoms. The number of benzene rings is 1. The highest BCUT2D eigenvalue weighted by atomic mass is 16.4. The van der Waals surface area contributed by atoms with Gasteiger partial charge in [0.05, 0.1) is 31.2 Å². The van der Waals surface area contributed by atoms with E-state index in [2.05, 4.69) is 31.9 Å². The number of carboxylic acid groups (broad SMARTS) is 3. The van der Waals surface area contributed by atoms with Crippen molar-refractivity contribution in [3.8, 4) is 0 Å². The summed E-state index contributed by atoms with van der Waals surface area (Å²) in [5.74, 6) is -11.7. The van der Waals surface area contributed by atoms with Crippen LogP contribution in [0.1, 0.15) is 85.1 Å². The Balaban J connectivity index is 3.00. The number of aliphatic hydroxyl groups is 1. The molecule has 14 N–H and O–H groups in total. The Bertz CT molecular complexity index is 1730. The Hall–Kier alpha value is -6.16. The number of amides is 7. The molecule has 0 fully saturated rings. The van der Waals surface area contributed by atoms with E-state index in [9.17, 15) is 63.3 Å². The van der Waals surface area contributed by atoms with Crippen LogP contribution in [0.4, 0.5) is 0 Å². The largest absolute Gasteiger partial charge is 0.481 e. The first kappa shape index (κ1) is 53.9. The van der Waals surface area contributed by atoms with Gasteiger partial charge >= 0.3 is 17.9 Å². The van der Waals surface area contributed by atoms with Gasteiger partial charge in [-0.3, -0.25) is 43.2 Å². The van der Waals surface area contributed by atoms with Gasteiger partial charge in [0.2, 0.25) is 41.4 Å². The van der Waals surface area contributed by atoms with Crippen molar-refractivity contribution in [3.63, 3.8) is 0 Å². The van der Waals surface area contributed by atoms with Gasteiger partial charge in [0.15, 0.2) is 0 Å². The van der Waals surface area contributed by atoms with Crippen LogP contribution in [-0.2, 0) is 54.4 Å². The van der Waals surface area contributed by atoms with Crippen LogP contribution in [0.3, 0.4) is 0 Å². The Labute approximate surface area is 359 Å². The van der Waals surface area contributed by atoms with Crippen LogP contribution in [0.2, 0.25) is 0 Å². The number of rotatable bonds is 29. The lowest BCUT2D eigenvalue weighted by molar-refractivity contribution is -0.143. The van der Waals surface area contributed by atoms with Crippen LogP contribution in [0, 0.1) is 17.8 Å². The summed E-state index contributed by atoms with van der Waals surface area (Å²) < 4.78 is 0. The van der Waals surface area contributed by atoms with Crippen molar-refractivity contribution < 1.29 is 68.4 Å². The lowest BCUT2D eigenvalue weighted by Crippen LogP contribution is -2.59. The van der Waals surface area contributed by atoms with Gasteiger partial charge in [0, 0.05) is 25.2 Å². The van der Waals surface area contributed by atoms with Gasteiger partial charge < -0.3 is 63.8 Å². The fourth-order valence-electron chi connectivity index (χ4n) is 6.06. The summed E-state index contributed by atoms with van der Waals surface area (Å²) in [6, 6.07) is 0.402.